The summed E-state index contributed by atoms with van der Waals surface area (Å²) in [5.74, 6) is 1.00. The molecule has 0 fully saturated rings. The smallest absolute Gasteiger partial charge is 0.316 e. The molecule has 2 rings (SSSR count). The zero-order chi connectivity index (χ0) is 15.6. The first-order valence-electron chi connectivity index (χ1n) is 7.16. The van der Waals surface area contributed by atoms with Gasteiger partial charge in [0, 0.05) is 13.1 Å². The molecule has 1 aromatic carbocycles. The van der Waals surface area contributed by atoms with Crippen LogP contribution in [-0.2, 0) is 16.6 Å². The molecule has 0 amide bonds. The highest BCUT2D eigenvalue weighted by molar-refractivity contribution is 5.82. The van der Waals surface area contributed by atoms with E-state index in [-0.39, 0.29) is 17.8 Å². The number of aromatic nitrogens is 2. The number of carbonyl (C=O) groups excluding carboxylic acids is 1. The van der Waals surface area contributed by atoms with Crippen LogP contribution in [0.15, 0.2) is 18.2 Å². The number of carbonyl (C=O) groups is 1. The van der Waals surface area contributed by atoms with Crippen LogP contribution in [0.1, 0.15) is 32.5 Å². The Morgan fingerprint density at radius 2 is 2.10 bits per heavy atom. The minimum Gasteiger partial charge on any atom is -0.497 e. The Labute approximate surface area is 124 Å². The molecule has 0 aliphatic heterocycles. The van der Waals surface area contributed by atoms with Crippen LogP contribution in [0, 0.1) is 5.92 Å². The summed E-state index contributed by atoms with van der Waals surface area (Å²) in [4.78, 5) is 16.9. The van der Waals surface area contributed by atoms with E-state index in [0.717, 1.165) is 22.6 Å². The summed E-state index contributed by atoms with van der Waals surface area (Å²) in [6, 6.07) is 5.72. The summed E-state index contributed by atoms with van der Waals surface area (Å²) < 4.78 is 12.4. The van der Waals surface area contributed by atoms with Crippen molar-refractivity contribution in [2.75, 3.05) is 13.7 Å². The van der Waals surface area contributed by atoms with Crippen LogP contribution in [0.2, 0.25) is 0 Å². The number of hydrogen-bond acceptors (Lipinski definition) is 4. The molecule has 0 aliphatic carbocycles. The van der Waals surface area contributed by atoms with Gasteiger partial charge in [-0.1, -0.05) is 13.8 Å². The third kappa shape index (κ3) is 2.86. The van der Waals surface area contributed by atoms with Gasteiger partial charge in [0.15, 0.2) is 0 Å². The molecule has 0 radical (unpaired) electrons. The van der Waals surface area contributed by atoms with Gasteiger partial charge in [-0.05, 0) is 25.0 Å². The number of methoxy groups -OCH3 is 1. The molecule has 114 valence electrons. The Hall–Kier alpha value is -2.04. The third-order valence-electron chi connectivity index (χ3n) is 3.61. The van der Waals surface area contributed by atoms with Crippen molar-refractivity contribution < 1.29 is 14.3 Å². The summed E-state index contributed by atoms with van der Waals surface area (Å²) in [5, 5.41) is 0. The van der Waals surface area contributed by atoms with Gasteiger partial charge in [0.05, 0.1) is 24.8 Å². The highest BCUT2D eigenvalue weighted by Gasteiger charge is 2.30. The van der Waals surface area contributed by atoms with Crippen molar-refractivity contribution in [3.05, 3.63) is 24.0 Å². The van der Waals surface area contributed by atoms with Crippen LogP contribution in [-0.4, -0.2) is 29.2 Å². The highest BCUT2D eigenvalue weighted by Crippen LogP contribution is 2.29. The predicted octanol–water partition coefficient (Wildman–Crippen LogP) is 2.88. The Morgan fingerprint density at radius 3 is 2.67 bits per heavy atom. The zero-order valence-corrected chi connectivity index (χ0v) is 13.2. The fraction of sp³-hybridized carbons (Fsp3) is 0.500. The quantitative estimate of drug-likeness (QED) is 0.795. The maximum Gasteiger partial charge on any atom is 0.316 e. The average molecular weight is 290 g/mol. The summed E-state index contributed by atoms with van der Waals surface area (Å²) in [5.41, 5.74) is 1.79. The predicted molar refractivity (Wildman–Crippen MR) is 81.5 cm³/mol. The first-order chi connectivity index (χ1) is 9.99. The molecule has 0 saturated heterocycles. The van der Waals surface area contributed by atoms with Crippen molar-refractivity contribution in [2.24, 2.45) is 13.0 Å². The molecule has 5 heteroatoms. The van der Waals surface area contributed by atoms with Gasteiger partial charge in [0.2, 0.25) is 0 Å². The maximum absolute atomic E-state index is 12.2. The van der Waals surface area contributed by atoms with E-state index >= 15 is 0 Å². The van der Waals surface area contributed by atoms with Crippen LogP contribution < -0.4 is 4.74 Å². The van der Waals surface area contributed by atoms with Crippen LogP contribution >= 0.6 is 0 Å². The number of hydrogen-bond donors (Lipinski definition) is 0. The highest BCUT2D eigenvalue weighted by atomic mass is 16.5. The molecule has 21 heavy (non-hydrogen) atoms. The van der Waals surface area contributed by atoms with Crippen molar-refractivity contribution in [3.8, 4) is 5.75 Å². The van der Waals surface area contributed by atoms with Gasteiger partial charge in [-0.15, -0.1) is 0 Å². The van der Waals surface area contributed by atoms with Gasteiger partial charge in [-0.3, -0.25) is 4.79 Å². The lowest BCUT2D eigenvalue weighted by molar-refractivity contribution is -0.146. The van der Waals surface area contributed by atoms with E-state index < -0.39 is 0 Å². The molecule has 0 N–H and O–H groups in total. The van der Waals surface area contributed by atoms with Crippen molar-refractivity contribution in [1.82, 2.24) is 9.55 Å². The standard InChI is InChI=1S/C16H22N2O3/c1-6-21-16(19)14(10(2)3)15-17-12-9-11(20-5)7-8-13(12)18(15)4/h7-10,14H,6H2,1-5H3. The minimum absolute atomic E-state index is 0.112. The van der Waals surface area contributed by atoms with E-state index in [1.165, 1.54) is 0 Å². The number of esters is 1. The normalized spacial score (nSPS) is 12.7. The lowest BCUT2D eigenvalue weighted by atomic mass is 9.95. The fourth-order valence-corrected chi connectivity index (χ4v) is 2.51. The van der Waals surface area contributed by atoms with E-state index in [0.29, 0.717) is 6.61 Å². The van der Waals surface area contributed by atoms with Gasteiger partial charge < -0.3 is 14.0 Å². The maximum atomic E-state index is 12.2. The molecule has 1 atom stereocenters. The van der Waals surface area contributed by atoms with E-state index in [4.69, 9.17) is 9.47 Å². The SMILES string of the molecule is CCOC(=O)C(c1nc2cc(OC)ccc2n1C)C(C)C. The first kappa shape index (κ1) is 15.4. The monoisotopic (exact) mass is 290 g/mol. The number of benzene rings is 1. The second-order valence-corrected chi connectivity index (χ2v) is 5.36. The molecule has 1 heterocycles. The van der Waals surface area contributed by atoms with Gasteiger partial charge in [-0.25, -0.2) is 4.98 Å². The number of rotatable bonds is 5. The summed E-state index contributed by atoms with van der Waals surface area (Å²) in [6.45, 7) is 6.19. The molecular weight excluding hydrogens is 268 g/mol. The number of imidazole rings is 1. The molecule has 1 unspecified atom stereocenters. The summed E-state index contributed by atoms with van der Waals surface area (Å²) >= 11 is 0. The van der Waals surface area contributed by atoms with Crippen LogP contribution in [0.25, 0.3) is 11.0 Å². The molecule has 0 aliphatic rings. The van der Waals surface area contributed by atoms with E-state index in [1.807, 2.05) is 50.6 Å². The Bertz CT molecular complexity index is 646. The van der Waals surface area contributed by atoms with Gasteiger partial charge >= 0.3 is 5.97 Å². The average Bonchev–Trinajstić information content (AvgIpc) is 2.75. The number of nitrogens with zero attached hydrogens (tertiary/aromatic N) is 2. The second kappa shape index (κ2) is 6.16. The van der Waals surface area contributed by atoms with Crippen molar-refractivity contribution in [3.63, 3.8) is 0 Å². The molecule has 1 aromatic heterocycles. The van der Waals surface area contributed by atoms with E-state index in [2.05, 4.69) is 4.98 Å². The van der Waals surface area contributed by atoms with Gasteiger partial charge in [0.25, 0.3) is 0 Å². The van der Waals surface area contributed by atoms with Crippen molar-refractivity contribution in [1.29, 1.82) is 0 Å². The summed E-state index contributed by atoms with van der Waals surface area (Å²) in [7, 11) is 3.55. The molecule has 2 aromatic rings. The third-order valence-corrected chi connectivity index (χ3v) is 3.61. The van der Waals surface area contributed by atoms with Crippen LogP contribution in [0.4, 0.5) is 0 Å². The molecule has 0 saturated carbocycles. The second-order valence-electron chi connectivity index (χ2n) is 5.36. The van der Waals surface area contributed by atoms with Crippen LogP contribution in [0.5, 0.6) is 5.75 Å². The molecule has 0 bridgehead atoms. The molecule has 0 spiro atoms. The summed E-state index contributed by atoms with van der Waals surface area (Å²) in [6.07, 6.45) is 0. The lowest BCUT2D eigenvalue weighted by Gasteiger charge is -2.18. The van der Waals surface area contributed by atoms with Crippen molar-refractivity contribution >= 4 is 17.0 Å². The Morgan fingerprint density at radius 1 is 1.38 bits per heavy atom. The Balaban J connectivity index is 2.52. The van der Waals surface area contributed by atoms with Gasteiger partial charge in [-0.2, -0.15) is 0 Å². The topological polar surface area (TPSA) is 53.4 Å². The fourth-order valence-electron chi connectivity index (χ4n) is 2.51. The zero-order valence-electron chi connectivity index (χ0n) is 13.2. The number of aryl methyl sites for hydroxylation is 1. The van der Waals surface area contributed by atoms with Gasteiger partial charge in [0.1, 0.15) is 17.5 Å². The van der Waals surface area contributed by atoms with E-state index in [1.54, 1.807) is 7.11 Å². The van der Waals surface area contributed by atoms with Crippen molar-refractivity contribution in [2.45, 2.75) is 26.7 Å². The largest absolute Gasteiger partial charge is 0.497 e. The van der Waals surface area contributed by atoms with E-state index in [9.17, 15) is 4.79 Å². The lowest BCUT2D eigenvalue weighted by Crippen LogP contribution is -2.23. The van der Waals surface area contributed by atoms with Crippen LogP contribution in [0.3, 0.4) is 0 Å². The Kier molecular flexibility index (Phi) is 4.50. The minimum atomic E-state index is -0.367. The number of ether oxygens (including phenoxy) is 2. The first-order valence-corrected chi connectivity index (χ1v) is 7.16. The molecule has 5 nitrogen and oxygen atoms in total. The molecular formula is C16H22N2O3. The number of fused-ring (bicyclic) bond motifs is 1.